The summed E-state index contributed by atoms with van der Waals surface area (Å²) in [5.74, 6) is -0.826. The summed E-state index contributed by atoms with van der Waals surface area (Å²) in [6, 6.07) is 6.38. The van der Waals surface area contributed by atoms with Gasteiger partial charge in [0.1, 0.15) is 0 Å². The molecule has 0 bridgehead atoms. The number of hydrogen-bond donors (Lipinski definition) is 2. The van der Waals surface area contributed by atoms with Gasteiger partial charge in [-0.25, -0.2) is 4.79 Å². The van der Waals surface area contributed by atoms with E-state index in [2.05, 4.69) is 5.32 Å². The molecule has 4 heteroatoms. The Morgan fingerprint density at radius 3 is 2.41 bits per heavy atom. The van der Waals surface area contributed by atoms with Crippen molar-refractivity contribution in [2.45, 2.75) is 25.8 Å². The van der Waals surface area contributed by atoms with E-state index in [4.69, 9.17) is 5.11 Å². The molecule has 90 valence electrons. The molecule has 0 aromatic heterocycles. The van der Waals surface area contributed by atoms with Gasteiger partial charge in [0, 0.05) is 6.04 Å². The van der Waals surface area contributed by atoms with Crippen molar-refractivity contribution >= 4 is 11.9 Å². The van der Waals surface area contributed by atoms with Crippen LogP contribution in [0.15, 0.2) is 24.3 Å². The van der Waals surface area contributed by atoms with Crippen molar-refractivity contribution in [3.8, 4) is 0 Å². The van der Waals surface area contributed by atoms with Gasteiger partial charge in [0.25, 0.3) is 5.91 Å². The maximum atomic E-state index is 11.9. The molecule has 2 N–H and O–H groups in total. The zero-order valence-electron chi connectivity index (χ0n) is 9.64. The smallest absolute Gasteiger partial charge is 0.336 e. The summed E-state index contributed by atoms with van der Waals surface area (Å²) in [4.78, 5) is 22.9. The Morgan fingerprint density at radius 1 is 1.29 bits per heavy atom. The summed E-state index contributed by atoms with van der Waals surface area (Å²) in [5.41, 5.74) is 0.278. The zero-order valence-corrected chi connectivity index (χ0v) is 9.64. The highest BCUT2D eigenvalue weighted by atomic mass is 16.4. The highest BCUT2D eigenvalue weighted by molar-refractivity contribution is 6.04. The number of amides is 1. The first-order chi connectivity index (χ1) is 8.09. The van der Waals surface area contributed by atoms with Crippen molar-refractivity contribution in [2.75, 3.05) is 0 Å². The molecule has 2 rings (SSSR count). The maximum absolute atomic E-state index is 11.9. The third kappa shape index (κ3) is 2.64. The Balaban J connectivity index is 2.15. The molecule has 1 unspecified atom stereocenters. The molecule has 1 aliphatic rings. The van der Waals surface area contributed by atoms with Crippen LogP contribution in [0.4, 0.5) is 0 Å². The summed E-state index contributed by atoms with van der Waals surface area (Å²) < 4.78 is 0. The van der Waals surface area contributed by atoms with E-state index < -0.39 is 5.97 Å². The number of rotatable bonds is 4. The number of aromatic carboxylic acids is 1. The van der Waals surface area contributed by atoms with Gasteiger partial charge in [-0.05, 0) is 37.8 Å². The van der Waals surface area contributed by atoms with Gasteiger partial charge in [0.05, 0.1) is 11.1 Å². The summed E-state index contributed by atoms with van der Waals surface area (Å²) >= 11 is 0. The van der Waals surface area contributed by atoms with E-state index >= 15 is 0 Å². The molecule has 1 atom stereocenters. The molecule has 0 spiro atoms. The predicted molar refractivity (Wildman–Crippen MR) is 63.1 cm³/mol. The van der Waals surface area contributed by atoms with Crippen LogP contribution < -0.4 is 5.32 Å². The van der Waals surface area contributed by atoms with Crippen molar-refractivity contribution in [3.63, 3.8) is 0 Å². The van der Waals surface area contributed by atoms with Crippen LogP contribution in [0.5, 0.6) is 0 Å². The average Bonchev–Trinajstić information content (AvgIpc) is 3.12. The first-order valence-electron chi connectivity index (χ1n) is 5.73. The Morgan fingerprint density at radius 2 is 1.88 bits per heavy atom. The second kappa shape index (κ2) is 4.57. The Labute approximate surface area is 99.6 Å². The van der Waals surface area contributed by atoms with Crippen LogP contribution >= 0.6 is 0 Å². The second-order valence-corrected chi connectivity index (χ2v) is 4.45. The molecule has 0 radical (unpaired) electrons. The molecular formula is C13H15NO3. The van der Waals surface area contributed by atoms with Gasteiger partial charge < -0.3 is 10.4 Å². The number of carbonyl (C=O) groups excluding carboxylic acids is 1. The van der Waals surface area contributed by atoms with E-state index in [1.807, 2.05) is 6.92 Å². The normalized spacial score (nSPS) is 16.3. The topological polar surface area (TPSA) is 66.4 Å². The lowest BCUT2D eigenvalue weighted by atomic mass is 10.1. The summed E-state index contributed by atoms with van der Waals surface area (Å²) in [6.45, 7) is 1.96. The molecule has 0 saturated heterocycles. The van der Waals surface area contributed by atoms with E-state index in [9.17, 15) is 9.59 Å². The summed E-state index contributed by atoms with van der Waals surface area (Å²) in [7, 11) is 0. The third-order valence-electron chi connectivity index (χ3n) is 3.09. The predicted octanol–water partition coefficient (Wildman–Crippen LogP) is 1.91. The molecule has 1 aromatic carbocycles. The van der Waals surface area contributed by atoms with Gasteiger partial charge in [0.15, 0.2) is 0 Å². The second-order valence-electron chi connectivity index (χ2n) is 4.45. The summed E-state index contributed by atoms with van der Waals surface area (Å²) in [5, 5.41) is 11.8. The molecule has 4 nitrogen and oxygen atoms in total. The number of nitrogens with one attached hydrogen (secondary N) is 1. The fourth-order valence-electron chi connectivity index (χ4n) is 1.87. The molecule has 0 aliphatic heterocycles. The van der Waals surface area contributed by atoms with Crippen LogP contribution in [-0.4, -0.2) is 23.0 Å². The molecule has 1 fully saturated rings. The Hall–Kier alpha value is -1.84. The van der Waals surface area contributed by atoms with Crippen molar-refractivity contribution < 1.29 is 14.7 Å². The SMILES string of the molecule is CC(NC(=O)c1ccccc1C(=O)O)C1CC1. The van der Waals surface area contributed by atoms with Crippen LogP contribution in [-0.2, 0) is 0 Å². The minimum atomic E-state index is -1.07. The van der Waals surface area contributed by atoms with E-state index in [1.54, 1.807) is 18.2 Å². The lowest BCUT2D eigenvalue weighted by molar-refractivity contribution is 0.0690. The molecule has 1 saturated carbocycles. The van der Waals surface area contributed by atoms with E-state index in [-0.39, 0.29) is 23.1 Å². The van der Waals surface area contributed by atoms with Crippen molar-refractivity contribution in [3.05, 3.63) is 35.4 Å². The highest BCUT2D eigenvalue weighted by Crippen LogP contribution is 2.32. The number of carbonyl (C=O) groups is 2. The first kappa shape index (κ1) is 11.6. The lowest BCUT2D eigenvalue weighted by Crippen LogP contribution is -2.34. The largest absolute Gasteiger partial charge is 0.478 e. The first-order valence-corrected chi connectivity index (χ1v) is 5.73. The minimum Gasteiger partial charge on any atom is -0.478 e. The van der Waals surface area contributed by atoms with Gasteiger partial charge >= 0.3 is 5.97 Å². The van der Waals surface area contributed by atoms with Gasteiger partial charge in [-0.15, -0.1) is 0 Å². The number of carboxylic acid groups (broad SMARTS) is 1. The van der Waals surface area contributed by atoms with Gasteiger partial charge in [-0.3, -0.25) is 4.79 Å². The van der Waals surface area contributed by atoms with Gasteiger partial charge in [-0.1, -0.05) is 12.1 Å². The fourth-order valence-corrected chi connectivity index (χ4v) is 1.87. The summed E-state index contributed by atoms with van der Waals surface area (Å²) in [6.07, 6.45) is 2.28. The standard InChI is InChI=1S/C13H15NO3/c1-8(9-6-7-9)14-12(15)10-4-2-3-5-11(10)13(16)17/h2-5,8-9H,6-7H2,1H3,(H,14,15)(H,16,17). The van der Waals surface area contributed by atoms with Crippen molar-refractivity contribution in [1.29, 1.82) is 0 Å². The Kier molecular flexibility index (Phi) is 3.13. The molecule has 1 amide bonds. The van der Waals surface area contributed by atoms with Gasteiger partial charge in [0.2, 0.25) is 0 Å². The third-order valence-corrected chi connectivity index (χ3v) is 3.09. The molecule has 1 aromatic rings. The monoisotopic (exact) mass is 233 g/mol. The number of benzene rings is 1. The highest BCUT2D eigenvalue weighted by Gasteiger charge is 2.29. The molecule has 17 heavy (non-hydrogen) atoms. The van der Waals surface area contributed by atoms with E-state index in [1.165, 1.54) is 6.07 Å². The van der Waals surface area contributed by atoms with Crippen LogP contribution in [0.2, 0.25) is 0 Å². The number of carboxylic acids is 1. The quantitative estimate of drug-likeness (QED) is 0.834. The lowest BCUT2D eigenvalue weighted by Gasteiger charge is -2.13. The molecule has 1 aliphatic carbocycles. The fraction of sp³-hybridized carbons (Fsp3) is 0.385. The Bertz CT molecular complexity index is 452. The van der Waals surface area contributed by atoms with Crippen LogP contribution in [0.1, 0.15) is 40.5 Å². The molecule has 0 heterocycles. The van der Waals surface area contributed by atoms with Crippen molar-refractivity contribution in [2.24, 2.45) is 5.92 Å². The minimum absolute atomic E-state index is 0.0491. The number of hydrogen-bond acceptors (Lipinski definition) is 2. The maximum Gasteiger partial charge on any atom is 0.336 e. The van der Waals surface area contributed by atoms with Crippen LogP contribution in [0, 0.1) is 5.92 Å². The zero-order chi connectivity index (χ0) is 12.4. The van der Waals surface area contributed by atoms with E-state index in [0.717, 1.165) is 12.8 Å². The van der Waals surface area contributed by atoms with Gasteiger partial charge in [-0.2, -0.15) is 0 Å². The average molecular weight is 233 g/mol. The van der Waals surface area contributed by atoms with E-state index in [0.29, 0.717) is 5.92 Å². The molecular weight excluding hydrogens is 218 g/mol. The van der Waals surface area contributed by atoms with Crippen LogP contribution in [0.3, 0.4) is 0 Å². The van der Waals surface area contributed by atoms with Crippen molar-refractivity contribution in [1.82, 2.24) is 5.32 Å². The van der Waals surface area contributed by atoms with Crippen LogP contribution in [0.25, 0.3) is 0 Å².